The van der Waals surface area contributed by atoms with Gasteiger partial charge in [0.25, 0.3) is 0 Å². The van der Waals surface area contributed by atoms with E-state index < -0.39 is 0 Å². The number of likely N-dealkylation sites (tertiary alicyclic amines) is 1. The molecular weight excluding hydrogens is 122 g/mol. The fourth-order valence-electron chi connectivity index (χ4n) is 0.712. The molecule has 0 atom stereocenters. The van der Waals surface area contributed by atoms with Crippen molar-refractivity contribution in [1.29, 1.82) is 0 Å². The second-order valence-electron chi connectivity index (χ2n) is 1.97. The Morgan fingerprint density at radius 3 is 2.50 bits per heavy atom. The summed E-state index contributed by atoms with van der Waals surface area (Å²) in [5.74, 6) is 0.234. The Hall–Kier alpha value is -0.440. The summed E-state index contributed by atoms with van der Waals surface area (Å²) in [5, 5.41) is 0. The third-order valence-electron chi connectivity index (χ3n) is 1.19. The van der Waals surface area contributed by atoms with Gasteiger partial charge in [0.05, 0.1) is 18.0 Å². The summed E-state index contributed by atoms with van der Waals surface area (Å²) in [6, 6.07) is 0. The van der Waals surface area contributed by atoms with E-state index in [2.05, 4.69) is 0 Å². The molecule has 8 heavy (non-hydrogen) atoms. The summed E-state index contributed by atoms with van der Waals surface area (Å²) in [5.41, 5.74) is 0. The molecule has 0 unspecified atom stereocenters. The van der Waals surface area contributed by atoms with E-state index in [9.17, 15) is 4.79 Å². The zero-order valence-electron chi connectivity index (χ0n) is 4.68. The monoisotopic (exact) mass is 129 g/mol. The highest BCUT2D eigenvalue weighted by atomic mass is 32.1. The van der Waals surface area contributed by atoms with Gasteiger partial charge in [0.15, 0.2) is 5.78 Å². The van der Waals surface area contributed by atoms with Crippen LogP contribution < -0.4 is 0 Å². The minimum Gasteiger partial charge on any atom is -0.362 e. The molecule has 1 heterocycles. The van der Waals surface area contributed by atoms with Crippen LogP contribution in [0.5, 0.6) is 0 Å². The molecule has 0 radical (unpaired) electrons. The largest absolute Gasteiger partial charge is 0.362 e. The molecule has 0 N–H and O–H groups in total. The minimum atomic E-state index is 0.234. The van der Waals surface area contributed by atoms with Crippen LogP contribution in [-0.4, -0.2) is 29.3 Å². The maximum absolute atomic E-state index is 10.5. The quantitative estimate of drug-likeness (QED) is 0.436. The lowest BCUT2D eigenvalue weighted by Gasteiger charge is -2.05. The van der Waals surface area contributed by atoms with Gasteiger partial charge in [0.2, 0.25) is 0 Å². The molecule has 3 heteroatoms. The Morgan fingerprint density at radius 1 is 1.75 bits per heavy atom. The molecule has 0 amide bonds. The normalized spacial score (nSPS) is 20.4. The van der Waals surface area contributed by atoms with E-state index in [1.807, 2.05) is 7.05 Å². The molecule has 0 saturated carbocycles. The van der Waals surface area contributed by atoms with E-state index in [1.165, 1.54) is 0 Å². The molecule has 0 bridgehead atoms. The number of likely N-dealkylation sites (N-methyl/N-ethyl adjacent to an activating group) is 1. The topological polar surface area (TPSA) is 20.3 Å². The van der Waals surface area contributed by atoms with Crippen LogP contribution in [0.4, 0.5) is 0 Å². The van der Waals surface area contributed by atoms with Crippen molar-refractivity contribution in [3.05, 3.63) is 0 Å². The highest BCUT2D eigenvalue weighted by Gasteiger charge is 2.19. The van der Waals surface area contributed by atoms with Crippen molar-refractivity contribution in [3.8, 4) is 0 Å². The first-order valence-corrected chi connectivity index (χ1v) is 2.86. The zero-order chi connectivity index (χ0) is 6.15. The average molecular weight is 129 g/mol. The summed E-state index contributed by atoms with van der Waals surface area (Å²) in [6.07, 6.45) is 0.478. The second-order valence-corrected chi connectivity index (χ2v) is 2.44. The third kappa shape index (κ3) is 0.865. The average Bonchev–Trinajstić information content (AvgIpc) is 1.85. The lowest BCUT2D eigenvalue weighted by atomic mass is 10.4. The predicted molar refractivity (Wildman–Crippen MR) is 34.9 cm³/mol. The van der Waals surface area contributed by atoms with Crippen molar-refractivity contribution in [3.63, 3.8) is 0 Å². The Morgan fingerprint density at radius 2 is 2.38 bits per heavy atom. The summed E-state index contributed by atoms with van der Waals surface area (Å²) in [7, 11) is 1.84. The Bertz CT molecular complexity index is 143. The van der Waals surface area contributed by atoms with Crippen LogP contribution in [0, 0.1) is 0 Å². The van der Waals surface area contributed by atoms with E-state index >= 15 is 0 Å². The lowest BCUT2D eigenvalue weighted by Crippen LogP contribution is -2.17. The molecule has 2 nitrogen and oxygen atoms in total. The number of hydrogen-bond acceptors (Lipinski definition) is 2. The first-order chi connectivity index (χ1) is 3.70. The van der Waals surface area contributed by atoms with Crippen molar-refractivity contribution in [2.75, 3.05) is 13.6 Å². The number of Topliss-reactive ketones (excluding diaryl/α,β-unsaturated/α-hetero) is 1. The summed E-state index contributed by atoms with van der Waals surface area (Å²) in [6.45, 7) is 0.513. The SMILES string of the molecule is CN1CC(=O)CC1=S. The number of thiocarbonyl (C=S) groups is 1. The molecule has 0 aromatic rings. The molecule has 44 valence electrons. The minimum absolute atomic E-state index is 0.234. The predicted octanol–water partition coefficient (Wildman–Crippen LogP) is 0.218. The second kappa shape index (κ2) is 1.82. The van der Waals surface area contributed by atoms with Crippen LogP contribution in [-0.2, 0) is 4.79 Å². The van der Waals surface area contributed by atoms with Gasteiger partial charge in [-0.05, 0) is 0 Å². The summed E-state index contributed by atoms with van der Waals surface area (Å²) < 4.78 is 0. The van der Waals surface area contributed by atoms with Crippen molar-refractivity contribution >= 4 is 23.0 Å². The molecule has 1 rings (SSSR count). The molecule has 1 fully saturated rings. The number of carbonyl (C=O) groups excluding carboxylic acids is 1. The van der Waals surface area contributed by atoms with Gasteiger partial charge in [0.1, 0.15) is 0 Å². The standard InChI is InChI=1S/C5H7NOS/c1-6-3-4(7)2-5(6)8/h2-3H2,1H3. The first kappa shape index (κ1) is 5.69. The summed E-state index contributed by atoms with van der Waals surface area (Å²) >= 11 is 4.82. The molecule has 0 aliphatic carbocycles. The molecule has 1 aliphatic heterocycles. The number of ketones is 1. The Balaban J connectivity index is 2.64. The van der Waals surface area contributed by atoms with E-state index in [4.69, 9.17) is 12.2 Å². The number of carbonyl (C=O) groups is 1. The maximum Gasteiger partial charge on any atom is 0.158 e. The highest BCUT2D eigenvalue weighted by molar-refractivity contribution is 7.80. The Kier molecular flexibility index (Phi) is 1.29. The lowest BCUT2D eigenvalue weighted by molar-refractivity contribution is -0.116. The van der Waals surface area contributed by atoms with Gasteiger partial charge in [-0.3, -0.25) is 4.79 Å². The fourth-order valence-corrected chi connectivity index (χ4v) is 0.938. The molecule has 1 saturated heterocycles. The van der Waals surface area contributed by atoms with Gasteiger partial charge < -0.3 is 4.90 Å². The first-order valence-electron chi connectivity index (χ1n) is 2.46. The van der Waals surface area contributed by atoms with Crippen molar-refractivity contribution < 1.29 is 4.79 Å². The highest BCUT2D eigenvalue weighted by Crippen LogP contribution is 2.03. The van der Waals surface area contributed by atoms with Crippen LogP contribution in [0.15, 0.2) is 0 Å². The summed E-state index contributed by atoms with van der Waals surface area (Å²) in [4.78, 5) is 13.1. The van der Waals surface area contributed by atoms with Gasteiger partial charge >= 0.3 is 0 Å². The molecule has 0 spiro atoms. The maximum atomic E-state index is 10.5. The van der Waals surface area contributed by atoms with Gasteiger partial charge in [0, 0.05) is 7.05 Å². The van der Waals surface area contributed by atoms with E-state index in [1.54, 1.807) is 4.90 Å². The van der Waals surface area contributed by atoms with Crippen molar-refractivity contribution in [2.45, 2.75) is 6.42 Å². The van der Waals surface area contributed by atoms with Gasteiger partial charge in [-0.2, -0.15) is 0 Å². The van der Waals surface area contributed by atoms with Crippen molar-refractivity contribution in [2.24, 2.45) is 0 Å². The van der Waals surface area contributed by atoms with Crippen LogP contribution in [0.3, 0.4) is 0 Å². The van der Waals surface area contributed by atoms with Crippen LogP contribution in [0.25, 0.3) is 0 Å². The van der Waals surface area contributed by atoms with Gasteiger partial charge in [-0.1, -0.05) is 12.2 Å². The van der Waals surface area contributed by atoms with Crippen molar-refractivity contribution in [1.82, 2.24) is 4.90 Å². The smallest absolute Gasteiger partial charge is 0.158 e. The molecule has 0 aromatic heterocycles. The zero-order valence-corrected chi connectivity index (χ0v) is 5.49. The number of nitrogens with zero attached hydrogens (tertiary/aromatic N) is 1. The molecular formula is C5H7NOS. The van der Waals surface area contributed by atoms with E-state index in [0.717, 1.165) is 4.99 Å². The molecule has 1 aliphatic rings. The Labute approximate surface area is 53.5 Å². The van der Waals surface area contributed by atoms with Crippen LogP contribution in [0.2, 0.25) is 0 Å². The third-order valence-corrected chi connectivity index (χ3v) is 1.64. The fraction of sp³-hybridized carbons (Fsp3) is 0.600. The molecule has 0 aromatic carbocycles. The number of rotatable bonds is 0. The van der Waals surface area contributed by atoms with Crippen LogP contribution >= 0.6 is 12.2 Å². The van der Waals surface area contributed by atoms with Gasteiger partial charge in [-0.15, -0.1) is 0 Å². The van der Waals surface area contributed by atoms with Gasteiger partial charge in [-0.25, -0.2) is 0 Å². The van der Waals surface area contributed by atoms with Crippen LogP contribution in [0.1, 0.15) is 6.42 Å². The number of hydrogen-bond donors (Lipinski definition) is 0. The van der Waals surface area contributed by atoms with E-state index in [-0.39, 0.29) is 5.78 Å². The van der Waals surface area contributed by atoms with E-state index in [0.29, 0.717) is 13.0 Å².